The molecule has 2 atom stereocenters. The van der Waals surface area contributed by atoms with Crippen molar-refractivity contribution in [3.05, 3.63) is 29.8 Å². The zero-order valence-corrected chi connectivity index (χ0v) is 13.4. The minimum absolute atomic E-state index is 0.0820. The van der Waals surface area contributed by atoms with Crippen molar-refractivity contribution in [3.8, 4) is 0 Å². The second kappa shape index (κ2) is 6.27. The Morgan fingerprint density at radius 3 is 2.25 bits per heavy atom. The van der Waals surface area contributed by atoms with E-state index < -0.39 is 9.84 Å². The first-order chi connectivity index (χ1) is 9.46. The van der Waals surface area contributed by atoms with Crippen molar-refractivity contribution in [2.24, 2.45) is 0 Å². The quantitative estimate of drug-likeness (QED) is 0.928. The van der Waals surface area contributed by atoms with Crippen LogP contribution in [0.2, 0.25) is 0 Å². The van der Waals surface area contributed by atoms with Crippen LogP contribution in [0.4, 0.5) is 0 Å². The number of sulfone groups is 1. The van der Waals surface area contributed by atoms with E-state index in [1.54, 1.807) is 12.1 Å². The van der Waals surface area contributed by atoms with Crippen LogP contribution in [0.15, 0.2) is 29.2 Å². The van der Waals surface area contributed by atoms with E-state index in [1.165, 1.54) is 5.56 Å². The number of benzene rings is 1. The average Bonchev–Trinajstić information content (AvgIpc) is 2.47. The van der Waals surface area contributed by atoms with Crippen molar-refractivity contribution in [1.29, 1.82) is 0 Å². The second-order valence-electron chi connectivity index (χ2n) is 5.99. The number of rotatable bonds is 4. The molecule has 1 aromatic rings. The molecule has 1 aromatic carbocycles. The van der Waals surface area contributed by atoms with Crippen LogP contribution in [0.3, 0.4) is 0 Å². The monoisotopic (exact) mass is 295 g/mol. The predicted molar refractivity (Wildman–Crippen MR) is 82.8 cm³/mol. The Bertz CT molecular complexity index is 534. The van der Waals surface area contributed by atoms with Crippen molar-refractivity contribution in [2.75, 3.05) is 7.05 Å². The van der Waals surface area contributed by atoms with E-state index >= 15 is 0 Å². The van der Waals surface area contributed by atoms with E-state index in [9.17, 15) is 8.42 Å². The molecule has 1 aliphatic rings. The van der Waals surface area contributed by atoms with Crippen LogP contribution in [-0.2, 0) is 9.84 Å². The van der Waals surface area contributed by atoms with E-state index in [0.717, 1.165) is 25.7 Å². The first-order valence-electron chi connectivity index (χ1n) is 7.48. The van der Waals surface area contributed by atoms with E-state index in [1.807, 2.05) is 19.2 Å². The number of nitrogens with one attached hydrogen (secondary N) is 1. The Kier molecular flexibility index (Phi) is 4.86. The summed E-state index contributed by atoms with van der Waals surface area (Å²) < 4.78 is 25.6. The summed E-state index contributed by atoms with van der Waals surface area (Å²) in [5.41, 5.74) is 1.18. The Hall–Kier alpha value is -0.870. The summed E-state index contributed by atoms with van der Waals surface area (Å²) in [6, 6.07) is 7.50. The molecule has 0 bridgehead atoms. The Morgan fingerprint density at radius 2 is 1.70 bits per heavy atom. The largest absolute Gasteiger partial charge is 0.316 e. The summed E-state index contributed by atoms with van der Waals surface area (Å²) >= 11 is 0. The maximum Gasteiger partial charge on any atom is 0.182 e. The summed E-state index contributed by atoms with van der Waals surface area (Å²) in [4.78, 5) is 0.467. The summed E-state index contributed by atoms with van der Waals surface area (Å²) in [7, 11) is -1.37. The summed E-state index contributed by atoms with van der Waals surface area (Å²) in [6.07, 6.45) is 3.83. The highest BCUT2D eigenvalue weighted by Gasteiger charge is 2.35. The van der Waals surface area contributed by atoms with Gasteiger partial charge in [0.1, 0.15) is 0 Å². The molecule has 3 nitrogen and oxygen atoms in total. The van der Waals surface area contributed by atoms with E-state index in [4.69, 9.17) is 0 Å². The molecule has 0 aromatic heterocycles. The smallest absolute Gasteiger partial charge is 0.182 e. The van der Waals surface area contributed by atoms with Crippen molar-refractivity contribution in [3.63, 3.8) is 0 Å². The van der Waals surface area contributed by atoms with Crippen molar-refractivity contribution < 1.29 is 8.42 Å². The number of hydrogen-bond donors (Lipinski definition) is 1. The van der Waals surface area contributed by atoms with Gasteiger partial charge in [0.05, 0.1) is 10.1 Å². The standard InChI is InChI=1S/C16H25NO2S/c1-12(2)13-8-10-14(11-9-13)20(18,19)16-7-5-4-6-15(16)17-3/h8-12,15-17H,4-7H2,1-3H3. The van der Waals surface area contributed by atoms with Crippen molar-refractivity contribution >= 4 is 9.84 Å². The molecule has 1 saturated carbocycles. The van der Waals surface area contributed by atoms with Crippen LogP contribution >= 0.6 is 0 Å². The fourth-order valence-corrected chi connectivity index (χ4v) is 5.06. The molecule has 0 aliphatic heterocycles. The lowest BCUT2D eigenvalue weighted by molar-refractivity contribution is 0.390. The first-order valence-corrected chi connectivity index (χ1v) is 9.02. The second-order valence-corrected chi connectivity index (χ2v) is 8.15. The predicted octanol–water partition coefficient (Wildman–Crippen LogP) is 3.11. The van der Waals surface area contributed by atoms with Crippen LogP contribution < -0.4 is 5.32 Å². The Labute approximate surface area is 122 Å². The molecule has 2 unspecified atom stereocenters. The molecule has 4 heteroatoms. The third-order valence-electron chi connectivity index (χ3n) is 4.35. The van der Waals surface area contributed by atoms with E-state index in [0.29, 0.717) is 10.8 Å². The van der Waals surface area contributed by atoms with Gasteiger partial charge in [-0.15, -0.1) is 0 Å². The van der Waals surface area contributed by atoms with Crippen molar-refractivity contribution in [2.45, 2.75) is 61.6 Å². The topological polar surface area (TPSA) is 46.2 Å². The van der Waals surface area contributed by atoms with Crippen molar-refractivity contribution in [1.82, 2.24) is 5.32 Å². The SMILES string of the molecule is CNC1CCCCC1S(=O)(=O)c1ccc(C(C)C)cc1. The van der Waals surface area contributed by atoms with Gasteiger partial charge in [-0.05, 0) is 43.5 Å². The van der Waals surface area contributed by atoms with Gasteiger partial charge in [-0.3, -0.25) is 0 Å². The molecule has 2 rings (SSSR count). The molecule has 1 N–H and O–H groups in total. The average molecular weight is 295 g/mol. The fourth-order valence-electron chi connectivity index (χ4n) is 3.02. The fraction of sp³-hybridized carbons (Fsp3) is 0.625. The third-order valence-corrected chi connectivity index (χ3v) is 6.64. The van der Waals surface area contributed by atoms with Crippen LogP contribution in [-0.4, -0.2) is 26.8 Å². The maximum absolute atomic E-state index is 12.8. The van der Waals surface area contributed by atoms with Crippen LogP contribution in [0.25, 0.3) is 0 Å². The van der Waals surface area contributed by atoms with E-state index in [-0.39, 0.29) is 11.3 Å². The Morgan fingerprint density at radius 1 is 1.10 bits per heavy atom. The molecule has 0 heterocycles. The van der Waals surface area contributed by atoms with Gasteiger partial charge < -0.3 is 5.32 Å². The zero-order valence-electron chi connectivity index (χ0n) is 12.6. The summed E-state index contributed by atoms with van der Waals surface area (Å²) in [6.45, 7) is 4.23. The lowest BCUT2D eigenvalue weighted by atomic mass is 9.95. The molecule has 20 heavy (non-hydrogen) atoms. The van der Waals surface area contributed by atoms with Gasteiger partial charge in [-0.1, -0.05) is 38.8 Å². The van der Waals surface area contributed by atoms with Gasteiger partial charge in [-0.2, -0.15) is 0 Å². The van der Waals surface area contributed by atoms with Crippen LogP contribution in [0.1, 0.15) is 51.0 Å². The highest BCUT2D eigenvalue weighted by molar-refractivity contribution is 7.92. The molecule has 112 valence electrons. The molecular weight excluding hydrogens is 270 g/mol. The zero-order chi connectivity index (χ0) is 14.8. The molecule has 1 aliphatic carbocycles. The molecule has 0 amide bonds. The lowest BCUT2D eigenvalue weighted by Gasteiger charge is -2.31. The first kappa shape index (κ1) is 15.5. The van der Waals surface area contributed by atoms with Gasteiger partial charge in [0, 0.05) is 6.04 Å². The summed E-state index contributed by atoms with van der Waals surface area (Å²) in [5, 5.41) is 2.89. The molecule has 0 saturated heterocycles. The highest BCUT2D eigenvalue weighted by atomic mass is 32.2. The minimum Gasteiger partial charge on any atom is -0.316 e. The van der Waals surface area contributed by atoms with E-state index in [2.05, 4.69) is 19.2 Å². The van der Waals surface area contributed by atoms with Crippen LogP contribution in [0.5, 0.6) is 0 Å². The number of hydrogen-bond acceptors (Lipinski definition) is 3. The molecular formula is C16H25NO2S. The third kappa shape index (κ3) is 3.07. The van der Waals surface area contributed by atoms with Gasteiger partial charge >= 0.3 is 0 Å². The van der Waals surface area contributed by atoms with Gasteiger partial charge in [0.2, 0.25) is 0 Å². The van der Waals surface area contributed by atoms with Gasteiger partial charge in [0.15, 0.2) is 9.84 Å². The molecule has 1 fully saturated rings. The molecule has 0 radical (unpaired) electrons. The normalized spacial score (nSPS) is 24.0. The molecule has 0 spiro atoms. The highest BCUT2D eigenvalue weighted by Crippen LogP contribution is 2.29. The maximum atomic E-state index is 12.8. The Balaban J connectivity index is 2.29. The van der Waals surface area contributed by atoms with Crippen LogP contribution in [0, 0.1) is 0 Å². The summed E-state index contributed by atoms with van der Waals surface area (Å²) in [5.74, 6) is 0.423. The van der Waals surface area contributed by atoms with Gasteiger partial charge in [-0.25, -0.2) is 8.42 Å². The van der Waals surface area contributed by atoms with Gasteiger partial charge in [0.25, 0.3) is 0 Å². The lowest BCUT2D eigenvalue weighted by Crippen LogP contribution is -2.44. The minimum atomic E-state index is -3.23.